The molecule has 6 heteroatoms. The number of rotatable bonds is 7. The summed E-state index contributed by atoms with van der Waals surface area (Å²) < 4.78 is 0. The van der Waals surface area contributed by atoms with Gasteiger partial charge in [0.15, 0.2) is 0 Å². The molecule has 1 amide bonds. The minimum atomic E-state index is -0.626. The summed E-state index contributed by atoms with van der Waals surface area (Å²) >= 11 is 0. The Morgan fingerprint density at radius 3 is 2.33 bits per heavy atom. The van der Waals surface area contributed by atoms with Gasteiger partial charge in [0.1, 0.15) is 5.57 Å². The average Bonchev–Trinajstić information content (AvgIpc) is 2.49. The number of allylic oxidation sites excluding steroid dienone is 4. The third kappa shape index (κ3) is 4.95. The second-order valence-corrected chi connectivity index (χ2v) is 4.03. The van der Waals surface area contributed by atoms with Gasteiger partial charge < -0.3 is 5.23 Å². The van der Waals surface area contributed by atoms with Crippen molar-refractivity contribution in [2.45, 2.75) is 0 Å². The first-order valence-corrected chi connectivity index (χ1v) is 6.22. The van der Waals surface area contributed by atoms with Crippen LogP contribution in [0.15, 0.2) is 79.1 Å². The first-order valence-electron chi connectivity index (χ1n) is 6.22. The standard InChI is InChI=1S/C15H15BN2O3/c1-3-8-13(14(9-4-2)18(20)21)15(19)17-16-12-10-6-5-7-11-12/h3-11,16H,1-2H2,(H,17,19)/b13-8+,14-9+. The van der Waals surface area contributed by atoms with Crippen LogP contribution >= 0.6 is 0 Å². The summed E-state index contributed by atoms with van der Waals surface area (Å²) in [6.45, 7) is 6.88. The molecule has 5 nitrogen and oxygen atoms in total. The number of hydrogen-bond donors (Lipinski definition) is 1. The highest BCUT2D eigenvalue weighted by atomic mass is 16.6. The van der Waals surface area contributed by atoms with Crippen molar-refractivity contribution in [3.63, 3.8) is 0 Å². The Bertz CT molecular complexity index is 607. The number of nitro groups is 1. The summed E-state index contributed by atoms with van der Waals surface area (Å²) in [5.74, 6) is -0.538. The van der Waals surface area contributed by atoms with Crippen molar-refractivity contribution in [2.75, 3.05) is 0 Å². The Morgan fingerprint density at radius 2 is 1.81 bits per heavy atom. The minimum Gasteiger partial charge on any atom is -0.393 e. The maximum absolute atomic E-state index is 12.1. The van der Waals surface area contributed by atoms with E-state index in [1.54, 1.807) is 0 Å². The molecule has 21 heavy (non-hydrogen) atoms. The maximum atomic E-state index is 12.1. The van der Waals surface area contributed by atoms with Crippen molar-refractivity contribution in [1.29, 1.82) is 0 Å². The van der Waals surface area contributed by atoms with Gasteiger partial charge in [-0.3, -0.25) is 14.9 Å². The van der Waals surface area contributed by atoms with E-state index in [9.17, 15) is 14.9 Å². The van der Waals surface area contributed by atoms with Crippen LogP contribution in [-0.2, 0) is 4.79 Å². The van der Waals surface area contributed by atoms with Crippen LogP contribution < -0.4 is 10.7 Å². The predicted molar refractivity (Wildman–Crippen MR) is 84.9 cm³/mol. The summed E-state index contributed by atoms with van der Waals surface area (Å²) in [6.07, 6.45) is 5.08. The van der Waals surface area contributed by atoms with Crippen LogP contribution in [0.3, 0.4) is 0 Å². The predicted octanol–water partition coefficient (Wildman–Crippen LogP) is 1.24. The molecule has 0 saturated carbocycles. The van der Waals surface area contributed by atoms with Gasteiger partial charge in [0.25, 0.3) is 13.1 Å². The fraction of sp³-hybridized carbons (Fsp3) is 0. The van der Waals surface area contributed by atoms with E-state index < -0.39 is 10.8 Å². The third-order valence-corrected chi connectivity index (χ3v) is 2.57. The largest absolute Gasteiger partial charge is 0.393 e. The molecule has 0 fully saturated rings. The first kappa shape index (κ1) is 16.2. The smallest absolute Gasteiger partial charge is 0.282 e. The van der Waals surface area contributed by atoms with Crippen molar-refractivity contribution in [3.05, 3.63) is 89.2 Å². The topological polar surface area (TPSA) is 72.2 Å². The van der Waals surface area contributed by atoms with Crippen molar-refractivity contribution < 1.29 is 9.72 Å². The lowest BCUT2D eigenvalue weighted by Crippen LogP contribution is -2.37. The van der Waals surface area contributed by atoms with E-state index in [4.69, 9.17) is 0 Å². The van der Waals surface area contributed by atoms with Gasteiger partial charge in [-0.05, 0) is 6.08 Å². The Morgan fingerprint density at radius 1 is 1.19 bits per heavy atom. The van der Waals surface area contributed by atoms with Crippen LogP contribution in [0.25, 0.3) is 0 Å². The molecular formula is C15H15BN2O3. The number of benzene rings is 1. The van der Waals surface area contributed by atoms with Crippen molar-refractivity contribution in [3.8, 4) is 0 Å². The van der Waals surface area contributed by atoms with E-state index in [2.05, 4.69) is 18.4 Å². The average molecular weight is 282 g/mol. The second-order valence-electron chi connectivity index (χ2n) is 4.03. The van der Waals surface area contributed by atoms with Gasteiger partial charge in [-0.2, -0.15) is 0 Å². The number of amides is 1. The molecule has 106 valence electrons. The fourth-order valence-corrected chi connectivity index (χ4v) is 1.63. The first-order chi connectivity index (χ1) is 10.1. The maximum Gasteiger partial charge on any atom is 0.282 e. The van der Waals surface area contributed by atoms with Crippen LogP contribution in [0.1, 0.15) is 0 Å². The zero-order chi connectivity index (χ0) is 15.7. The zero-order valence-corrected chi connectivity index (χ0v) is 11.5. The zero-order valence-electron chi connectivity index (χ0n) is 11.5. The van der Waals surface area contributed by atoms with Crippen LogP contribution in [0.4, 0.5) is 0 Å². The van der Waals surface area contributed by atoms with E-state index in [-0.39, 0.29) is 18.7 Å². The number of hydrogen-bond acceptors (Lipinski definition) is 3. The van der Waals surface area contributed by atoms with E-state index in [1.165, 1.54) is 24.3 Å². The summed E-state index contributed by atoms with van der Waals surface area (Å²) in [7, 11) is 0.285. The Hall–Kier alpha value is -2.89. The summed E-state index contributed by atoms with van der Waals surface area (Å²) in [5, 5.41) is 13.7. The molecule has 0 bridgehead atoms. The highest BCUT2D eigenvalue weighted by Gasteiger charge is 2.22. The molecule has 1 rings (SSSR count). The number of carbonyl (C=O) groups is 1. The van der Waals surface area contributed by atoms with Gasteiger partial charge in [-0.25, -0.2) is 0 Å². The van der Waals surface area contributed by atoms with E-state index in [0.717, 1.165) is 5.46 Å². The van der Waals surface area contributed by atoms with Gasteiger partial charge >= 0.3 is 0 Å². The summed E-state index contributed by atoms with van der Waals surface area (Å²) in [4.78, 5) is 22.5. The van der Waals surface area contributed by atoms with E-state index >= 15 is 0 Å². The molecule has 1 N–H and O–H groups in total. The highest BCUT2D eigenvalue weighted by Crippen LogP contribution is 2.11. The second kappa shape index (κ2) is 8.32. The lowest BCUT2D eigenvalue weighted by Gasteiger charge is -2.06. The van der Waals surface area contributed by atoms with Crippen LogP contribution in [0.2, 0.25) is 0 Å². The highest BCUT2D eigenvalue weighted by molar-refractivity contribution is 6.54. The minimum absolute atomic E-state index is 0.0640. The fourth-order valence-electron chi connectivity index (χ4n) is 1.63. The van der Waals surface area contributed by atoms with Crippen molar-refractivity contribution >= 4 is 18.8 Å². The number of nitrogens with one attached hydrogen (secondary N) is 1. The molecule has 0 heterocycles. The van der Waals surface area contributed by atoms with Crippen LogP contribution in [0, 0.1) is 10.1 Å². The van der Waals surface area contributed by atoms with E-state index in [1.807, 2.05) is 30.3 Å². The Labute approximate surface area is 123 Å². The molecule has 0 radical (unpaired) electrons. The molecule has 0 aromatic heterocycles. The van der Waals surface area contributed by atoms with Crippen molar-refractivity contribution in [1.82, 2.24) is 5.23 Å². The number of carbonyl (C=O) groups excluding carboxylic acids is 1. The molecule has 0 aliphatic carbocycles. The van der Waals surface area contributed by atoms with Gasteiger partial charge in [0, 0.05) is 6.08 Å². The molecule has 1 aromatic carbocycles. The lowest BCUT2D eigenvalue weighted by atomic mass is 9.82. The normalized spacial score (nSPS) is 11.4. The molecule has 0 aliphatic rings. The van der Waals surface area contributed by atoms with Gasteiger partial charge in [0.05, 0.1) is 4.92 Å². The molecule has 1 aromatic rings. The van der Waals surface area contributed by atoms with Crippen LogP contribution in [0.5, 0.6) is 0 Å². The van der Waals surface area contributed by atoms with E-state index in [0.29, 0.717) is 0 Å². The molecular weight excluding hydrogens is 267 g/mol. The number of nitrogens with zero attached hydrogens (tertiary/aromatic N) is 1. The van der Waals surface area contributed by atoms with Gasteiger partial charge in [-0.1, -0.05) is 61.1 Å². The summed E-state index contributed by atoms with van der Waals surface area (Å²) in [6, 6.07) is 9.27. The Kier molecular flexibility index (Phi) is 6.41. The molecule has 0 aliphatic heterocycles. The van der Waals surface area contributed by atoms with Crippen molar-refractivity contribution in [2.24, 2.45) is 0 Å². The summed E-state index contributed by atoms with van der Waals surface area (Å²) in [5.41, 5.74) is 0.514. The quantitative estimate of drug-likeness (QED) is 0.269. The van der Waals surface area contributed by atoms with Gasteiger partial charge in [-0.15, -0.1) is 0 Å². The lowest BCUT2D eigenvalue weighted by molar-refractivity contribution is -0.420. The monoisotopic (exact) mass is 282 g/mol. The van der Waals surface area contributed by atoms with Crippen LogP contribution in [-0.4, -0.2) is 18.2 Å². The van der Waals surface area contributed by atoms with Gasteiger partial charge in [0.2, 0.25) is 5.91 Å². The molecule has 0 spiro atoms. The molecule has 0 atom stereocenters. The Balaban J connectivity index is 2.91. The SMILES string of the molecule is C=C/C=C(C(=O)NBc1ccccc1)\C(=C/C=C)[N+](=O)[O-]. The molecule has 0 unspecified atom stereocenters. The third-order valence-electron chi connectivity index (χ3n) is 2.57. The molecule has 0 saturated heterocycles.